The Morgan fingerprint density at radius 2 is 1.00 bits per heavy atom. The molecule has 2 heteroatoms. The average molecular weight is 424 g/mol. The van der Waals surface area contributed by atoms with Crippen LogP contribution in [0.3, 0.4) is 0 Å². The quantitative estimate of drug-likeness (QED) is 0.299. The van der Waals surface area contributed by atoms with Gasteiger partial charge in [0.1, 0.15) is 0 Å². The number of hydrogen-bond donors (Lipinski definition) is 1. The van der Waals surface area contributed by atoms with Crippen LogP contribution in [0.5, 0.6) is 0 Å². The fourth-order valence-corrected chi connectivity index (χ4v) is 6.96. The molecule has 0 aliphatic heterocycles. The Kier molecular flexibility index (Phi) is 7.66. The molecule has 0 aliphatic carbocycles. The molecule has 0 unspecified atom stereocenters. The maximum absolute atomic E-state index is 3.77. The summed E-state index contributed by atoms with van der Waals surface area (Å²) in [5, 5.41) is 6.64. The van der Waals surface area contributed by atoms with Crippen LogP contribution in [0.15, 0.2) is 121 Å². The van der Waals surface area contributed by atoms with Crippen molar-refractivity contribution in [3.8, 4) is 0 Å². The van der Waals surface area contributed by atoms with Crippen molar-refractivity contribution in [1.29, 1.82) is 0 Å². The minimum absolute atomic E-state index is 0.345. The van der Waals surface area contributed by atoms with Gasteiger partial charge < -0.3 is 5.32 Å². The van der Waals surface area contributed by atoms with E-state index in [1.807, 2.05) is 0 Å². The zero-order valence-electron chi connectivity index (χ0n) is 18.1. The van der Waals surface area contributed by atoms with Gasteiger partial charge in [0.25, 0.3) is 0 Å². The van der Waals surface area contributed by atoms with Gasteiger partial charge in [0, 0.05) is 11.7 Å². The van der Waals surface area contributed by atoms with Crippen LogP contribution in [-0.2, 0) is 0 Å². The Hall–Kier alpha value is -2.73. The van der Waals surface area contributed by atoms with E-state index in [0.29, 0.717) is 11.7 Å². The number of rotatable bonds is 9. The SMILES string of the molecule is C[C@@H](NCC[C@H](c1ccccc1)P(c1ccccc1)c1ccccc1)c1ccccc1. The highest BCUT2D eigenvalue weighted by Gasteiger charge is 2.26. The van der Waals surface area contributed by atoms with Crippen LogP contribution in [0.25, 0.3) is 0 Å². The van der Waals surface area contributed by atoms with E-state index in [2.05, 4.69) is 134 Å². The van der Waals surface area contributed by atoms with Crippen molar-refractivity contribution in [2.45, 2.75) is 25.0 Å². The third-order valence-corrected chi connectivity index (χ3v) is 8.62. The molecule has 31 heavy (non-hydrogen) atoms. The van der Waals surface area contributed by atoms with E-state index in [-0.39, 0.29) is 0 Å². The van der Waals surface area contributed by atoms with E-state index in [1.165, 1.54) is 21.7 Å². The summed E-state index contributed by atoms with van der Waals surface area (Å²) in [7, 11) is -0.516. The van der Waals surface area contributed by atoms with E-state index in [0.717, 1.165) is 13.0 Å². The fraction of sp³-hybridized carbons (Fsp3) is 0.172. The van der Waals surface area contributed by atoms with E-state index in [4.69, 9.17) is 0 Å². The topological polar surface area (TPSA) is 12.0 Å². The van der Waals surface area contributed by atoms with Gasteiger partial charge in [-0.3, -0.25) is 0 Å². The van der Waals surface area contributed by atoms with E-state index in [9.17, 15) is 0 Å². The Balaban J connectivity index is 1.61. The first-order valence-electron chi connectivity index (χ1n) is 11.1. The molecule has 2 atom stereocenters. The van der Waals surface area contributed by atoms with Crippen LogP contribution in [0.2, 0.25) is 0 Å². The van der Waals surface area contributed by atoms with Crippen LogP contribution >= 0.6 is 7.92 Å². The van der Waals surface area contributed by atoms with Gasteiger partial charge in [-0.05, 0) is 49.5 Å². The lowest BCUT2D eigenvalue weighted by molar-refractivity contribution is 0.555. The largest absolute Gasteiger partial charge is 0.310 e. The molecule has 4 aromatic rings. The Labute approximate surface area is 187 Å². The predicted molar refractivity (Wildman–Crippen MR) is 136 cm³/mol. The lowest BCUT2D eigenvalue weighted by Crippen LogP contribution is -2.24. The van der Waals surface area contributed by atoms with Crippen LogP contribution in [0, 0.1) is 0 Å². The first-order chi connectivity index (χ1) is 15.3. The molecule has 0 fully saturated rings. The van der Waals surface area contributed by atoms with E-state index in [1.54, 1.807) is 0 Å². The van der Waals surface area contributed by atoms with Crippen LogP contribution < -0.4 is 15.9 Å². The minimum Gasteiger partial charge on any atom is -0.310 e. The second-order valence-corrected chi connectivity index (χ2v) is 10.2. The average Bonchev–Trinajstić information content (AvgIpc) is 2.85. The molecule has 0 bridgehead atoms. The standard InChI is InChI=1S/C29H30NP/c1-24(25-14-6-2-7-15-25)30-23-22-29(26-16-8-3-9-17-26)31(27-18-10-4-11-19-27)28-20-12-5-13-21-28/h2-21,24,29-30H,22-23H2,1H3/t24-,29-/m1/s1. The summed E-state index contributed by atoms with van der Waals surface area (Å²) >= 11 is 0. The molecule has 4 aromatic carbocycles. The summed E-state index contributed by atoms with van der Waals surface area (Å²) in [5.74, 6) is 0. The van der Waals surface area contributed by atoms with Crippen LogP contribution in [0.4, 0.5) is 0 Å². The first kappa shape index (κ1) is 21.5. The van der Waals surface area contributed by atoms with Crippen molar-refractivity contribution in [2.24, 2.45) is 0 Å². The van der Waals surface area contributed by atoms with E-state index >= 15 is 0 Å². The lowest BCUT2D eigenvalue weighted by atomic mass is 10.1. The van der Waals surface area contributed by atoms with Gasteiger partial charge in [-0.25, -0.2) is 0 Å². The molecule has 0 amide bonds. The minimum atomic E-state index is -0.516. The molecule has 0 radical (unpaired) electrons. The smallest absolute Gasteiger partial charge is 0.0291 e. The summed E-state index contributed by atoms with van der Waals surface area (Å²) in [6.45, 7) is 3.23. The predicted octanol–water partition coefficient (Wildman–Crippen LogP) is 6.60. The molecule has 0 aromatic heterocycles. The third-order valence-electron chi connectivity index (χ3n) is 5.73. The highest BCUT2D eigenvalue weighted by atomic mass is 31.1. The van der Waals surface area contributed by atoms with Crippen molar-refractivity contribution >= 4 is 18.5 Å². The molecule has 0 spiro atoms. The maximum atomic E-state index is 3.77. The molecular formula is C29H30NP. The zero-order chi connectivity index (χ0) is 21.3. The lowest BCUT2D eigenvalue weighted by Gasteiger charge is -2.30. The van der Waals surface area contributed by atoms with Gasteiger partial charge in [0.2, 0.25) is 0 Å². The molecule has 0 saturated heterocycles. The molecule has 0 saturated carbocycles. The van der Waals surface area contributed by atoms with Crippen LogP contribution in [-0.4, -0.2) is 6.54 Å². The maximum Gasteiger partial charge on any atom is 0.0291 e. The van der Waals surface area contributed by atoms with Gasteiger partial charge in [0.15, 0.2) is 0 Å². The summed E-state index contributed by atoms with van der Waals surface area (Å²) in [4.78, 5) is 0. The first-order valence-corrected chi connectivity index (χ1v) is 12.5. The molecule has 1 nitrogen and oxygen atoms in total. The second kappa shape index (κ2) is 11.0. The number of nitrogens with one attached hydrogen (secondary N) is 1. The van der Waals surface area contributed by atoms with Crippen LogP contribution in [0.1, 0.15) is 36.2 Å². The summed E-state index contributed by atoms with van der Waals surface area (Å²) < 4.78 is 0. The monoisotopic (exact) mass is 423 g/mol. The van der Waals surface area contributed by atoms with E-state index < -0.39 is 7.92 Å². The van der Waals surface area contributed by atoms with Crippen molar-refractivity contribution < 1.29 is 0 Å². The third kappa shape index (κ3) is 5.70. The zero-order valence-corrected chi connectivity index (χ0v) is 19.0. The number of benzene rings is 4. The van der Waals surface area contributed by atoms with Crippen molar-refractivity contribution in [2.75, 3.05) is 6.54 Å². The molecule has 4 rings (SSSR count). The van der Waals surface area contributed by atoms with Gasteiger partial charge >= 0.3 is 0 Å². The molecule has 1 N–H and O–H groups in total. The highest BCUT2D eigenvalue weighted by Crippen LogP contribution is 2.51. The van der Waals surface area contributed by atoms with Gasteiger partial charge in [-0.2, -0.15) is 0 Å². The van der Waals surface area contributed by atoms with Crippen molar-refractivity contribution in [3.05, 3.63) is 132 Å². The Bertz CT molecular complexity index is 980. The van der Waals surface area contributed by atoms with Gasteiger partial charge in [-0.1, -0.05) is 121 Å². The molecule has 0 aliphatic rings. The normalized spacial score (nSPS) is 13.1. The summed E-state index contributed by atoms with van der Waals surface area (Å²) in [6, 6.07) is 44.2. The highest BCUT2D eigenvalue weighted by molar-refractivity contribution is 7.73. The second-order valence-electron chi connectivity index (χ2n) is 7.84. The number of hydrogen-bond acceptors (Lipinski definition) is 1. The van der Waals surface area contributed by atoms with Crippen molar-refractivity contribution in [3.63, 3.8) is 0 Å². The molecule has 156 valence electrons. The molecule has 0 heterocycles. The Morgan fingerprint density at radius 1 is 0.581 bits per heavy atom. The van der Waals surface area contributed by atoms with Crippen molar-refractivity contribution in [1.82, 2.24) is 5.32 Å². The summed E-state index contributed by atoms with van der Waals surface area (Å²) in [6.07, 6.45) is 1.09. The van der Waals surface area contributed by atoms with Gasteiger partial charge in [-0.15, -0.1) is 0 Å². The summed E-state index contributed by atoms with van der Waals surface area (Å²) in [5.41, 5.74) is 3.22. The fourth-order valence-electron chi connectivity index (χ4n) is 4.10. The van der Waals surface area contributed by atoms with Gasteiger partial charge in [0.05, 0.1) is 0 Å². The molecular weight excluding hydrogens is 393 g/mol. The Morgan fingerprint density at radius 3 is 1.48 bits per heavy atom.